The molecule has 2 rings (SSSR count). The standard InChI is InChI=1S/C37H55N9O10/c1-20(2)16-25(38)31(50)45-29(19-47)34(53)43-27(17-23-11-13-24(49)14-12-23)33(52)46-30(21(3)48)35(54)42-26(10-7-15-41-37(39)40)32(51)44-28(36(55)56)18-22-8-5-4-6-9-22/h4-6,8-9,11-14,20-21,25-30,47-49H,7,10,15-19,38H2,1-3H3,(H,42,54)(H,43,53)(H,44,51)(H,45,50)(H,46,52)(H,55,56)(H4,39,40,41)/t21-,25+,26+,27+,28+,29+,30+/m1/s1. The number of aliphatic hydroxyl groups excluding tert-OH is 2. The lowest BCUT2D eigenvalue weighted by Gasteiger charge is -2.28. The van der Waals surface area contributed by atoms with Gasteiger partial charge in [-0.05, 0) is 55.4 Å². The summed E-state index contributed by atoms with van der Waals surface area (Å²) in [6.45, 7) is 4.11. The highest BCUT2D eigenvalue weighted by Crippen LogP contribution is 2.13. The highest BCUT2D eigenvalue weighted by molar-refractivity contribution is 5.96. The Hall–Kier alpha value is -5.79. The molecule has 0 aromatic heterocycles. The van der Waals surface area contributed by atoms with E-state index < -0.39 is 84.5 Å². The average Bonchev–Trinajstić information content (AvgIpc) is 3.13. The third-order valence-electron chi connectivity index (χ3n) is 8.42. The van der Waals surface area contributed by atoms with Crippen LogP contribution in [0.4, 0.5) is 0 Å². The van der Waals surface area contributed by atoms with E-state index >= 15 is 0 Å². The van der Waals surface area contributed by atoms with Gasteiger partial charge < -0.3 is 64.2 Å². The number of carbonyl (C=O) groups excluding carboxylic acids is 5. The zero-order chi connectivity index (χ0) is 41.9. The van der Waals surface area contributed by atoms with Crippen LogP contribution in [-0.2, 0) is 41.6 Å². The Labute approximate surface area is 324 Å². The van der Waals surface area contributed by atoms with Crippen LogP contribution in [0.2, 0.25) is 0 Å². The maximum atomic E-state index is 13.8. The summed E-state index contributed by atoms with van der Waals surface area (Å²) in [6.07, 6.45) is -1.47. The number of carboxylic acids is 1. The summed E-state index contributed by atoms with van der Waals surface area (Å²) in [5.74, 6) is -6.09. The number of nitrogens with two attached hydrogens (primary N) is 3. The first-order valence-corrected chi connectivity index (χ1v) is 18.1. The molecule has 0 saturated heterocycles. The number of carboxylic acid groups (broad SMARTS) is 1. The number of phenolic OH excluding ortho intramolecular Hbond substituents is 1. The van der Waals surface area contributed by atoms with Gasteiger partial charge in [0.05, 0.1) is 18.8 Å². The minimum Gasteiger partial charge on any atom is -0.508 e. The van der Waals surface area contributed by atoms with Gasteiger partial charge in [-0.25, -0.2) is 4.79 Å². The fraction of sp³-hybridized carbons (Fsp3) is 0.486. The predicted octanol–water partition coefficient (Wildman–Crippen LogP) is -2.51. The Kier molecular flexibility index (Phi) is 19.2. The Morgan fingerprint density at radius 2 is 1.21 bits per heavy atom. The molecular weight excluding hydrogens is 730 g/mol. The van der Waals surface area contributed by atoms with Crippen LogP contribution in [0.1, 0.15) is 51.2 Å². The van der Waals surface area contributed by atoms with Crippen molar-refractivity contribution in [2.45, 2.75) is 95.2 Å². The van der Waals surface area contributed by atoms with Gasteiger partial charge in [0, 0.05) is 19.4 Å². The smallest absolute Gasteiger partial charge is 0.326 e. The highest BCUT2D eigenvalue weighted by atomic mass is 16.4. The summed E-state index contributed by atoms with van der Waals surface area (Å²) in [4.78, 5) is 82.9. The molecule has 19 nitrogen and oxygen atoms in total. The number of benzene rings is 2. The highest BCUT2D eigenvalue weighted by Gasteiger charge is 2.34. The summed E-state index contributed by atoms with van der Waals surface area (Å²) in [5, 5.41) is 52.3. The van der Waals surface area contributed by atoms with Crippen molar-refractivity contribution in [1.82, 2.24) is 26.6 Å². The van der Waals surface area contributed by atoms with Crippen molar-refractivity contribution in [3.63, 3.8) is 0 Å². The Morgan fingerprint density at radius 1 is 0.696 bits per heavy atom. The third-order valence-corrected chi connectivity index (χ3v) is 8.42. The summed E-state index contributed by atoms with van der Waals surface area (Å²) >= 11 is 0. The topological polar surface area (TPSA) is 334 Å². The lowest BCUT2D eigenvalue weighted by atomic mass is 10.0. The average molecular weight is 786 g/mol. The van der Waals surface area contributed by atoms with Crippen molar-refractivity contribution in [1.29, 1.82) is 0 Å². The van der Waals surface area contributed by atoms with Gasteiger partial charge in [0.2, 0.25) is 29.5 Å². The quantitative estimate of drug-likeness (QED) is 0.0315. The number of aromatic hydroxyl groups is 1. The van der Waals surface area contributed by atoms with Crippen LogP contribution in [0.25, 0.3) is 0 Å². The van der Waals surface area contributed by atoms with Gasteiger partial charge in [-0.1, -0.05) is 56.3 Å². The molecule has 56 heavy (non-hydrogen) atoms. The van der Waals surface area contributed by atoms with Crippen molar-refractivity contribution >= 4 is 41.5 Å². The lowest BCUT2D eigenvalue weighted by molar-refractivity contribution is -0.142. The van der Waals surface area contributed by atoms with Crippen LogP contribution in [0.15, 0.2) is 59.6 Å². The maximum absolute atomic E-state index is 13.8. The molecular formula is C37H55N9O10. The molecule has 0 heterocycles. The molecule has 0 spiro atoms. The van der Waals surface area contributed by atoms with Crippen molar-refractivity contribution < 1.29 is 49.2 Å². The number of hydrogen-bond acceptors (Lipinski definition) is 11. The summed E-state index contributed by atoms with van der Waals surface area (Å²) < 4.78 is 0. The van der Waals surface area contributed by atoms with Gasteiger partial charge >= 0.3 is 5.97 Å². The number of rotatable bonds is 23. The monoisotopic (exact) mass is 785 g/mol. The molecule has 5 amide bonds. The fourth-order valence-corrected chi connectivity index (χ4v) is 5.45. The molecule has 7 atom stereocenters. The second-order valence-corrected chi connectivity index (χ2v) is 13.7. The molecule has 0 aliphatic heterocycles. The molecule has 0 saturated carbocycles. The minimum atomic E-state index is -1.71. The number of phenols is 1. The molecule has 2 aromatic rings. The molecule has 0 fully saturated rings. The van der Waals surface area contributed by atoms with Gasteiger partial charge in [0.1, 0.15) is 36.0 Å². The zero-order valence-corrected chi connectivity index (χ0v) is 31.7. The first-order chi connectivity index (χ1) is 26.4. The first-order valence-electron chi connectivity index (χ1n) is 18.1. The lowest BCUT2D eigenvalue weighted by Crippen LogP contribution is -2.62. The van der Waals surface area contributed by atoms with Crippen LogP contribution in [0.5, 0.6) is 5.75 Å². The number of aliphatic carboxylic acids is 1. The number of amides is 5. The maximum Gasteiger partial charge on any atom is 0.326 e. The molecule has 15 N–H and O–H groups in total. The Morgan fingerprint density at radius 3 is 1.77 bits per heavy atom. The molecule has 19 heteroatoms. The van der Waals surface area contributed by atoms with Crippen molar-refractivity contribution in [2.24, 2.45) is 28.1 Å². The predicted molar refractivity (Wildman–Crippen MR) is 205 cm³/mol. The van der Waals surface area contributed by atoms with Gasteiger partial charge in [-0.2, -0.15) is 0 Å². The number of guanidine groups is 1. The van der Waals surface area contributed by atoms with E-state index in [0.717, 1.165) is 0 Å². The largest absolute Gasteiger partial charge is 0.508 e. The second kappa shape index (κ2) is 23.2. The minimum absolute atomic E-state index is 0.0581. The van der Waals surface area contributed by atoms with Gasteiger partial charge in [-0.15, -0.1) is 0 Å². The van der Waals surface area contributed by atoms with Crippen LogP contribution < -0.4 is 43.8 Å². The summed E-state index contributed by atoms with van der Waals surface area (Å²) in [6, 6.07) is 5.76. The molecule has 0 bridgehead atoms. The Balaban J connectivity index is 2.33. The van der Waals surface area contributed by atoms with Crippen LogP contribution in [0.3, 0.4) is 0 Å². The molecule has 308 valence electrons. The van der Waals surface area contributed by atoms with E-state index in [1.807, 2.05) is 13.8 Å². The van der Waals surface area contributed by atoms with Gasteiger partial charge in [-0.3, -0.25) is 29.0 Å². The van der Waals surface area contributed by atoms with Gasteiger partial charge in [0.25, 0.3) is 0 Å². The Bertz CT molecular complexity index is 1640. The number of nitrogens with one attached hydrogen (secondary N) is 5. The number of carbonyl (C=O) groups is 6. The zero-order valence-electron chi connectivity index (χ0n) is 31.7. The fourth-order valence-electron chi connectivity index (χ4n) is 5.45. The molecule has 0 radical (unpaired) electrons. The van der Waals surface area contributed by atoms with Gasteiger partial charge in [0.15, 0.2) is 5.96 Å². The summed E-state index contributed by atoms with van der Waals surface area (Å²) in [7, 11) is 0. The number of nitrogens with zero attached hydrogens (tertiary/aromatic N) is 1. The van der Waals surface area contributed by atoms with E-state index in [1.165, 1.54) is 31.2 Å². The van der Waals surface area contributed by atoms with Crippen molar-refractivity contribution in [3.8, 4) is 5.75 Å². The normalized spacial score (nSPS) is 14.8. The van der Waals surface area contributed by atoms with Crippen LogP contribution in [0, 0.1) is 5.92 Å². The number of aliphatic hydroxyl groups is 2. The number of hydrogen-bond donors (Lipinski definition) is 12. The molecule has 0 aliphatic carbocycles. The van der Waals surface area contributed by atoms with E-state index in [9.17, 15) is 49.2 Å². The van der Waals surface area contributed by atoms with Crippen molar-refractivity contribution in [3.05, 3.63) is 65.7 Å². The van der Waals surface area contributed by atoms with E-state index in [2.05, 4.69) is 31.6 Å². The third kappa shape index (κ3) is 16.3. The SMILES string of the molecule is CC(C)C[C@H](N)C(=O)N[C@@H](CO)C(=O)N[C@@H](Cc1ccc(O)cc1)C(=O)N[C@H](C(=O)N[C@@H](CCCN=C(N)N)C(=O)N[C@@H](Cc1ccccc1)C(=O)O)[C@@H](C)O. The van der Waals surface area contributed by atoms with E-state index in [1.54, 1.807) is 30.3 Å². The number of aliphatic imine (C=N–C) groups is 1. The molecule has 0 unspecified atom stereocenters. The van der Waals surface area contributed by atoms with Crippen LogP contribution >= 0.6 is 0 Å². The summed E-state index contributed by atoms with van der Waals surface area (Å²) in [5.41, 5.74) is 17.8. The van der Waals surface area contributed by atoms with Crippen molar-refractivity contribution in [2.75, 3.05) is 13.2 Å². The van der Waals surface area contributed by atoms with E-state index in [4.69, 9.17) is 17.2 Å². The van der Waals surface area contributed by atoms with Crippen LogP contribution in [-0.4, -0.2) is 117 Å². The van der Waals surface area contributed by atoms with E-state index in [0.29, 0.717) is 17.5 Å². The van der Waals surface area contributed by atoms with E-state index in [-0.39, 0.29) is 49.9 Å². The molecule has 0 aliphatic rings. The first kappa shape index (κ1) is 46.4. The molecule has 2 aromatic carbocycles. The second-order valence-electron chi connectivity index (χ2n) is 13.7.